The molecule has 0 saturated carbocycles. The zero-order valence-electron chi connectivity index (χ0n) is 14.6. The van der Waals surface area contributed by atoms with Gasteiger partial charge >= 0.3 is 0 Å². The Kier molecular flexibility index (Phi) is 5.95. The predicted octanol–water partition coefficient (Wildman–Crippen LogP) is 7.80. The van der Waals surface area contributed by atoms with E-state index in [1.165, 1.54) is 29.0 Å². The van der Waals surface area contributed by atoms with Crippen LogP contribution in [0.2, 0.25) is 0 Å². The van der Waals surface area contributed by atoms with Crippen molar-refractivity contribution in [3.63, 3.8) is 0 Å². The summed E-state index contributed by atoms with van der Waals surface area (Å²) >= 11 is 8.00. The molecule has 124 valence electrons. The van der Waals surface area contributed by atoms with Gasteiger partial charge in [-0.3, -0.25) is 0 Å². The zero-order valence-corrected chi connectivity index (χ0v) is 19.2. The summed E-state index contributed by atoms with van der Waals surface area (Å²) in [4.78, 5) is 2.56. The van der Waals surface area contributed by atoms with Crippen LogP contribution >= 0.6 is 50.3 Å². The molecule has 0 aliphatic rings. The molecule has 2 rings (SSSR count). The van der Waals surface area contributed by atoms with Crippen molar-refractivity contribution in [2.75, 3.05) is 0 Å². The van der Waals surface area contributed by atoms with E-state index < -0.39 is 0 Å². The fraction of sp³-hybridized carbons (Fsp3) is 0.400. The topological polar surface area (TPSA) is 0 Å². The fourth-order valence-corrected chi connectivity index (χ4v) is 4.41. The maximum absolute atomic E-state index is 3.76. The second-order valence-electron chi connectivity index (χ2n) is 7.90. The van der Waals surface area contributed by atoms with Gasteiger partial charge < -0.3 is 0 Å². The third-order valence-corrected chi connectivity index (χ3v) is 7.57. The van der Waals surface area contributed by atoms with Gasteiger partial charge in [0.1, 0.15) is 0 Å². The Labute approximate surface area is 167 Å². The van der Waals surface area contributed by atoms with Crippen LogP contribution in [0.15, 0.2) is 50.7 Å². The largest absolute Gasteiger partial charge is 0.0889 e. The number of rotatable bonds is 2. The highest BCUT2D eigenvalue weighted by Crippen LogP contribution is 2.39. The van der Waals surface area contributed by atoms with Crippen molar-refractivity contribution in [2.45, 2.75) is 62.2 Å². The van der Waals surface area contributed by atoms with Crippen molar-refractivity contribution in [3.05, 3.63) is 55.6 Å². The van der Waals surface area contributed by atoms with E-state index in [0.29, 0.717) is 0 Å². The Balaban J connectivity index is 2.35. The highest BCUT2D eigenvalue weighted by molar-refractivity contribution is 14.1. The normalized spacial score (nSPS) is 12.5. The molecule has 2 aromatic rings. The SMILES string of the molecule is CC(C)(C)c1ccc(Sc2cc(C(C)(C)C)cc(I)c2Br)cc1. The molecule has 0 bridgehead atoms. The van der Waals surface area contributed by atoms with E-state index in [1.54, 1.807) is 0 Å². The molecule has 0 unspecified atom stereocenters. The average molecular weight is 503 g/mol. The number of hydrogen-bond donors (Lipinski definition) is 0. The lowest BCUT2D eigenvalue weighted by molar-refractivity contribution is 0.588. The van der Waals surface area contributed by atoms with Gasteiger partial charge in [-0.15, -0.1) is 0 Å². The van der Waals surface area contributed by atoms with Crippen molar-refractivity contribution in [2.24, 2.45) is 0 Å². The van der Waals surface area contributed by atoms with Crippen LogP contribution in [0.3, 0.4) is 0 Å². The fourth-order valence-electron chi connectivity index (χ4n) is 2.22. The van der Waals surface area contributed by atoms with Gasteiger partial charge in [0.2, 0.25) is 0 Å². The monoisotopic (exact) mass is 502 g/mol. The highest BCUT2D eigenvalue weighted by Gasteiger charge is 2.18. The molecule has 0 fully saturated rings. The number of benzene rings is 2. The first-order valence-corrected chi connectivity index (χ1v) is 10.5. The Morgan fingerprint density at radius 2 is 1.35 bits per heavy atom. The van der Waals surface area contributed by atoms with Crippen molar-refractivity contribution in [3.8, 4) is 0 Å². The molecule has 0 nitrogen and oxygen atoms in total. The molecule has 23 heavy (non-hydrogen) atoms. The minimum Gasteiger partial charge on any atom is -0.0889 e. The van der Waals surface area contributed by atoms with Gasteiger partial charge in [-0.1, -0.05) is 65.4 Å². The highest BCUT2D eigenvalue weighted by atomic mass is 127. The van der Waals surface area contributed by atoms with Crippen LogP contribution in [-0.2, 0) is 10.8 Å². The molecule has 0 spiro atoms. The Morgan fingerprint density at radius 1 is 0.826 bits per heavy atom. The van der Waals surface area contributed by atoms with E-state index in [2.05, 4.69) is 116 Å². The van der Waals surface area contributed by atoms with Gasteiger partial charge in [0.05, 0.1) is 0 Å². The predicted molar refractivity (Wildman–Crippen MR) is 115 cm³/mol. The number of hydrogen-bond acceptors (Lipinski definition) is 1. The summed E-state index contributed by atoms with van der Waals surface area (Å²) < 4.78 is 2.46. The molecule has 0 heterocycles. The van der Waals surface area contributed by atoms with Crippen LogP contribution < -0.4 is 0 Å². The number of halogens is 2. The minimum atomic E-state index is 0.159. The summed E-state index contributed by atoms with van der Waals surface area (Å²) in [6.07, 6.45) is 0. The second-order valence-corrected chi connectivity index (χ2v) is 11.0. The lowest BCUT2D eigenvalue weighted by Crippen LogP contribution is -2.11. The summed E-state index contributed by atoms with van der Waals surface area (Å²) in [5.41, 5.74) is 3.11. The quantitative estimate of drug-likeness (QED) is 0.377. The molecule has 0 aliphatic heterocycles. The standard InChI is InChI=1S/C20H24BrIS/c1-19(2,3)13-7-9-15(10-8-13)23-17-12-14(20(4,5)6)11-16(22)18(17)21/h7-12H,1-6H3. The summed E-state index contributed by atoms with van der Waals surface area (Å²) in [5.74, 6) is 0. The third-order valence-electron chi connectivity index (χ3n) is 3.81. The molecule has 0 atom stereocenters. The van der Waals surface area contributed by atoms with Gasteiger partial charge in [-0.05, 0) is 84.7 Å². The van der Waals surface area contributed by atoms with Crippen molar-refractivity contribution in [1.29, 1.82) is 0 Å². The smallest absolute Gasteiger partial charge is 0.0448 e. The van der Waals surface area contributed by atoms with Crippen molar-refractivity contribution >= 4 is 50.3 Å². The second kappa shape index (κ2) is 7.09. The molecule has 0 N–H and O–H groups in total. The summed E-state index contributed by atoms with van der Waals surface area (Å²) in [6.45, 7) is 13.5. The summed E-state index contributed by atoms with van der Waals surface area (Å²) in [5, 5.41) is 0. The molecule has 0 amide bonds. The first-order chi connectivity index (χ1) is 10.5. The maximum Gasteiger partial charge on any atom is 0.0448 e. The molecule has 0 saturated heterocycles. The Morgan fingerprint density at radius 3 is 1.83 bits per heavy atom. The average Bonchev–Trinajstić information content (AvgIpc) is 2.42. The summed E-state index contributed by atoms with van der Waals surface area (Å²) in [7, 11) is 0. The molecular weight excluding hydrogens is 479 g/mol. The first-order valence-electron chi connectivity index (χ1n) is 7.76. The maximum atomic E-state index is 3.76. The van der Waals surface area contributed by atoms with Gasteiger partial charge in [0, 0.05) is 17.8 Å². The zero-order chi connectivity index (χ0) is 17.4. The molecule has 0 radical (unpaired) electrons. The Bertz CT molecular complexity index is 691. The van der Waals surface area contributed by atoms with E-state index in [9.17, 15) is 0 Å². The van der Waals surface area contributed by atoms with Crippen LogP contribution in [0.5, 0.6) is 0 Å². The first kappa shape index (κ1) is 19.3. The van der Waals surface area contributed by atoms with E-state index in [-0.39, 0.29) is 10.8 Å². The van der Waals surface area contributed by atoms with Crippen molar-refractivity contribution in [1.82, 2.24) is 0 Å². The molecule has 0 aromatic heterocycles. The van der Waals surface area contributed by atoms with E-state index in [1.807, 2.05) is 11.8 Å². The van der Waals surface area contributed by atoms with Gasteiger partial charge in [0.25, 0.3) is 0 Å². The van der Waals surface area contributed by atoms with Gasteiger partial charge in [-0.25, -0.2) is 0 Å². The van der Waals surface area contributed by atoms with Crippen molar-refractivity contribution < 1.29 is 0 Å². The lowest BCUT2D eigenvalue weighted by atomic mass is 9.87. The van der Waals surface area contributed by atoms with E-state index in [0.717, 1.165) is 0 Å². The minimum absolute atomic E-state index is 0.159. The van der Waals surface area contributed by atoms with Crippen LogP contribution in [0.1, 0.15) is 52.7 Å². The molecule has 3 heteroatoms. The van der Waals surface area contributed by atoms with Crippen LogP contribution in [-0.4, -0.2) is 0 Å². The molecule has 0 aliphatic carbocycles. The third kappa shape index (κ3) is 4.99. The van der Waals surface area contributed by atoms with Crippen LogP contribution in [0.25, 0.3) is 0 Å². The van der Waals surface area contributed by atoms with E-state index >= 15 is 0 Å². The lowest BCUT2D eigenvalue weighted by Gasteiger charge is -2.22. The molecule has 2 aromatic carbocycles. The van der Waals surface area contributed by atoms with Crippen LogP contribution in [0.4, 0.5) is 0 Å². The summed E-state index contributed by atoms with van der Waals surface area (Å²) in [6, 6.07) is 13.5. The van der Waals surface area contributed by atoms with E-state index in [4.69, 9.17) is 0 Å². The van der Waals surface area contributed by atoms with Gasteiger partial charge in [-0.2, -0.15) is 0 Å². The molecular formula is C20H24BrIS. The Hall–Kier alpha value is -0.000000000000000111. The van der Waals surface area contributed by atoms with Crippen LogP contribution in [0, 0.1) is 3.57 Å². The van der Waals surface area contributed by atoms with Gasteiger partial charge in [0.15, 0.2) is 0 Å².